The van der Waals surface area contributed by atoms with E-state index in [1.165, 1.54) is 85.9 Å². The van der Waals surface area contributed by atoms with Gasteiger partial charge in [0.1, 0.15) is 63.7 Å². The van der Waals surface area contributed by atoms with Gasteiger partial charge in [0.25, 0.3) is 0 Å². The van der Waals surface area contributed by atoms with Gasteiger partial charge in [-0.25, -0.2) is 0 Å². The van der Waals surface area contributed by atoms with Gasteiger partial charge in [-0.05, 0) is 115 Å². The monoisotopic (exact) mass is 1320 g/mol. The van der Waals surface area contributed by atoms with Crippen LogP contribution in [0.25, 0.3) is 22.3 Å². The van der Waals surface area contributed by atoms with E-state index < -0.39 is 31.7 Å². The van der Waals surface area contributed by atoms with Crippen molar-refractivity contribution in [1.29, 1.82) is 0 Å². The summed E-state index contributed by atoms with van der Waals surface area (Å²) in [5.41, 5.74) is 5.25. The van der Waals surface area contributed by atoms with Crippen molar-refractivity contribution in [3.63, 3.8) is 0 Å². The van der Waals surface area contributed by atoms with Crippen LogP contribution in [0, 0.1) is 0 Å². The van der Waals surface area contributed by atoms with E-state index in [2.05, 4.69) is 303 Å². The first kappa shape index (κ1) is 56.3. The number of rotatable bonds is 14. The molecule has 0 aliphatic rings. The SMILES string of the molecule is [Cl][Pd][Cl].[Cl][Pd][Cl].c1ccc([PH+](c2ccccc2)c2ccccc2-c2cc(-c3ccccc3[PH+](c3ccccc3)c3ccccc3)c([PH+](c3ccccc3)c3ccccc3)cc2[PH+](c2ccccc2)c2ccccc2)cc1. The molecule has 0 saturated heterocycles. The van der Waals surface area contributed by atoms with Crippen LogP contribution in [-0.2, 0) is 31.9 Å². The average Bonchev–Trinajstić information content (AvgIpc) is 3.55. The molecule has 0 N–H and O–H groups in total. The van der Waals surface area contributed by atoms with Gasteiger partial charge >= 0.3 is 70.0 Å². The molecule has 0 nitrogen and oxygen atoms in total. The minimum absolute atomic E-state index is 0.106. The Hall–Kier alpha value is -4.38. The van der Waals surface area contributed by atoms with E-state index in [1.54, 1.807) is 0 Å². The first-order chi connectivity index (χ1) is 37.6. The third kappa shape index (κ3) is 13.9. The normalized spacial score (nSPS) is 11.1. The van der Waals surface area contributed by atoms with Crippen molar-refractivity contribution in [3.05, 3.63) is 303 Å². The molecule has 11 aromatic rings. The predicted octanol–water partition coefficient (Wildman–Crippen LogP) is 13.7. The Labute approximate surface area is 486 Å². The van der Waals surface area contributed by atoms with E-state index in [0.29, 0.717) is 0 Å². The molecule has 0 saturated carbocycles. The molecule has 0 spiro atoms. The van der Waals surface area contributed by atoms with Gasteiger partial charge in [-0.2, -0.15) is 0 Å². The van der Waals surface area contributed by atoms with E-state index in [9.17, 15) is 0 Å². The molecule has 0 aliphatic carbocycles. The molecule has 11 aromatic carbocycles. The van der Waals surface area contributed by atoms with Crippen LogP contribution in [0.5, 0.6) is 0 Å². The summed E-state index contributed by atoms with van der Waals surface area (Å²) in [4.78, 5) is 0. The fourth-order valence-corrected chi connectivity index (χ4v) is 21.3. The second kappa shape index (κ2) is 29.6. The molecule has 0 amide bonds. The summed E-state index contributed by atoms with van der Waals surface area (Å²) < 4.78 is 0. The molecule has 10 heteroatoms. The quantitative estimate of drug-likeness (QED) is 0.0752. The number of benzene rings is 11. The van der Waals surface area contributed by atoms with Crippen LogP contribution >= 0.6 is 69.8 Å². The van der Waals surface area contributed by atoms with Crippen molar-refractivity contribution in [2.75, 3.05) is 0 Å². The molecular formula is C66H54Cl4P4Pd2+4. The number of hydrogen-bond donors (Lipinski definition) is 0. The minimum Gasteiger partial charge on any atom is -0.0620 e. The largest absolute Gasteiger partial charge is 0.114 e. The van der Waals surface area contributed by atoms with Crippen molar-refractivity contribution < 1.29 is 31.9 Å². The Balaban J connectivity index is 0.00000112. The van der Waals surface area contributed by atoms with Gasteiger partial charge in [0.2, 0.25) is 0 Å². The summed E-state index contributed by atoms with van der Waals surface area (Å²) in [5, 5.41) is 16.6. The smallest absolute Gasteiger partial charge is 0.0620 e. The van der Waals surface area contributed by atoms with Gasteiger partial charge in [0, 0.05) is 28.3 Å². The average molecular weight is 1330 g/mol. The van der Waals surface area contributed by atoms with Crippen LogP contribution < -0.4 is 63.7 Å². The second-order valence-electron chi connectivity index (χ2n) is 17.6. The Morgan fingerprint density at radius 2 is 0.355 bits per heavy atom. The molecule has 0 aromatic heterocycles. The maximum atomic E-state index is 4.81. The third-order valence-electron chi connectivity index (χ3n) is 13.2. The Morgan fingerprint density at radius 1 is 0.184 bits per heavy atom. The van der Waals surface area contributed by atoms with Crippen LogP contribution in [0.15, 0.2) is 303 Å². The summed E-state index contributed by atoms with van der Waals surface area (Å²) in [6, 6.07) is 115. The van der Waals surface area contributed by atoms with Gasteiger partial charge in [0.15, 0.2) is 0 Å². The van der Waals surface area contributed by atoms with Crippen molar-refractivity contribution in [1.82, 2.24) is 0 Å². The molecule has 382 valence electrons. The zero-order valence-corrected chi connectivity index (χ0v) is 51.1. The summed E-state index contributed by atoms with van der Waals surface area (Å²) in [7, 11) is 13.1. The van der Waals surface area contributed by atoms with Gasteiger partial charge in [-0.15, -0.1) is 0 Å². The van der Waals surface area contributed by atoms with Gasteiger partial charge in [-0.3, -0.25) is 0 Å². The van der Waals surface area contributed by atoms with Crippen molar-refractivity contribution in [3.8, 4) is 22.3 Å². The molecule has 0 atom stereocenters. The Morgan fingerprint density at radius 3 is 0.566 bits per heavy atom. The Bertz CT molecular complexity index is 3090. The predicted molar refractivity (Wildman–Crippen MR) is 341 cm³/mol. The first-order valence-electron chi connectivity index (χ1n) is 24.6. The van der Waals surface area contributed by atoms with Crippen LogP contribution in [0.1, 0.15) is 0 Å². The molecular weight excluding hydrogens is 1270 g/mol. The third-order valence-corrected chi connectivity index (χ3v) is 24.3. The fraction of sp³-hybridized carbons (Fsp3) is 0. The minimum atomic E-state index is -1.62. The molecule has 76 heavy (non-hydrogen) atoms. The molecule has 0 unspecified atom stereocenters. The van der Waals surface area contributed by atoms with Gasteiger partial charge in [-0.1, -0.05) is 182 Å². The van der Waals surface area contributed by atoms with Gasteiger partial charge in [0.05, 0.1) is 31.7 Å². The number of halogens is 4. The molecule has 0 bridgehead atoms. The van der Waals surface area contributed by atoms with Crippen LogP contribution in [0.2, 0.25) is 0 Å². The van der Waals surface area contributed by atoms with Crippen LogP contribution in [0.3, 0.4) is 0 Å². The molecule has 0 fully saturated rings. The zero-order chi connectivity index (χ0) is 52.3. The molecule has 0 radical (unpaired) electrons. The topological polar surface area (TPSA) is 0 Å². The van der Waals surface area contributed by atoms with E-state index in [-0.39, 0.29) is 31.9 Å². The summed E-state index contributed by atoms with van der Waals surface area (Å²) >= 11 is -0.211. The summed E-state index contributed by atoms with van der Waals surface area (Å²) in [6.45, 7) is 0. The van der Waals surface area contributed by atoms with E-state index in [1.807, 2.05) is 0 Å². The van der Waals surface area contributed by atoms with Crippen LogP contribution in [-0.4, -0.2) is 0 Å². The standard InChI is InChI=1S/C66H50P4.4ClH.2Pd/c1-9-29-51(30-10-1)67(52-31-11-2-12-32-52)63-47-27-25-45-59(63)61-49-62(60-46-26-28-48-64(60)68(53-33-13-3-14-34-53)54-35-15-4-16-36-54)66(70(57-41-21-7-22-42-57)58-43-23-8-24-44-58)50-65(61)69(55-37-17-5-18-38-55)56-39-19-6-20-40-56;;;;;;/h1-50H;4*1H;;/q;;;;;2*+2. The molecule has 0 aliphatic heterocycles. The number of hydrogen-bond acceptors (Lipinski definition) is 0. The van der Waals surface area contributed by atoms with E-state index in [0.717, 1.165) is 0 Å². The second-order valence-corrected chi connectivity index (χ2v) is 32.0. The maximum Gasteiger partial charge on any atom is 0.114 e. The summed E-state index contributed by atoms with van der Waals surface area (Å²) in [6.07, 6.45) is 0. The van der Waals surface area contributed by atoms with Crippen molar-refractivity contribution >= 4 is 133 Å². The van der Waals surface area contributed by atoms with E-state index >= 15 is 0 Å². The van der Waals surface area contributed by atoms with E-state index in [4.69, 9.17) is 38.1 Å². The molecule has 11 rings (SSSR count). The first-order valence-corrected chi connectivity index (χ1v) is 38.6. The van der Waals surface area contributed by atoms with Crippen molar-refractivity contribution in [2.45, 2.75) is 0 Å². The maximum absolute atomic E-state index is 4.81. The molecule has 0 heterocycles. The van der Waals surface area contributed by atoms with Crippen molar-refractivity contribution in [2.24, 2.45) is 0 Å². The Kier molecular flexibility index (Phi) is 21.9. The van der Waals surface area contributed by atoms with Crippen LogP contribution in [0.4, 0.5) is 0 Å². The fourth-order valence-electron chi connectivity index (χ4n) is 10.1. The summed E-state index contributed by atoms with van der Waals surface area (Å²) in [5.74, 6) is 0. The van der Waals surface area contributed by atoms with Gasteiger partial charge < -0.3 is 0 Å². The zero-order valence-electron chi connectivity index (χ0n) is 41.0.